The molecule has 1 N–H and O–H groups in total. The van der Waals surface area contributed by atoms with Crippen LogP contribution in [0.4, 0.5) is 0 Å². The molecule has 4 rings (SSSR count). The number of aromatic hydroxyl groups is 1. The number of hydrogen-bond donors (Lipinski definition) is 1. The van der Waals surface area contributed by atoms with Crippen LogP contribution in [0.25, 0.3) is 0 Å². The molecule has 166 valence electrons. The molecular formula is C25H30O6. The molecule has 2 aliphatic rings. The van der Waals surface area contributed by atoms with Gasteiger partial charge in [0.2, 0.25) is 0 Å². The molecule has 0 aromatic heterocycles. The summed E-state index contributed by atoms with van der Waals surface area (Å²) in [4.78, 5) is 0. The molecule has 0 aliphatic carbocycles. The zero-order chi connectivity index (χ0) is 22.0. The van der Waals surface area contributed by atoms with Crippen LogP contribution in [0.3, 0.4) is 0 Å². The second-order valence-electron chi connectivity index (χ2n) is 8.27. The van der Waals surface area contributed by atoms with Crippen LogP contribution in [0.1, 0.15) is 37.2 Å². The van der Waals surface area contributed by atoms with Crippen molar-refractivity contribution in [2.45, 2.75) is 26.1 Å². The molecule has 2 fully saturated rings. The molecule has 4 atom stereocenters. The summed E-state index contributed by atoms with van der Waals surface area (Å²) in [5.41, 5.74) is 3.27. The molecule has 6 nitrogen and oxygen atoms in total. The van der Waals surface area contributed by atoms with Crippen LogP contribution >= 0.6 is 0 Å². The number of methoxy groups -OCH3 is 2. The first-order valence-corrected chi connectivity index (χ1v) is 10.6. The Hall–Kier alpha value is -2.70. The molecule has 2 saturated heterocycles. The normalized spacial score (nSPS) is 24.5. The van der Waals surface area contributed by atoms with E-state index in [0.717, 1.165) is 16.9 Å². The third-order valence-corrected chi connectivity index (χ3v) is 6.04. The van der Waals surface area contributed by atoms with Gasteiger partial charge in [0.25, 0.3) is 0 Å². The third kappa shape index (κ3) is 4.36. The maximum atomic E-state index is 9.89. The fourth-order valence-electron chi connectivity index (χ4n) is 4.38. The Kier molecular flexibility index (Phi) is 6.39. The summed E-state index contributed by atoms with van der Waals surface area (Å²) in [5.74, 6) is 2.47. The van der Waals surface area contributed by atoms with Crippen LogP contribution in [0.5, 0.6) is 23.0 Å². The molecule has 2 aromatic carbocycles. The topological polar surface area (TPSA) is 66.4 Å². The predicted octanol–water partition coefficient (Wildman–Crippen LogP) is 4.83. The Balaban J connectivity index is 1.51. The quantitative estimate of drug-likeness (QED) is 0.640. The Bertz CT molecular complexity index is 949. The summed E-state index contributed by atoms with van der Waals surface area (Å²) >= 11 is 0. The zero-order valence-electron chi connectivity index (χ0n) is 18.5. The smallest absolute Gasteiger partial charge is 0.161 e. The van der Waals surface area contributed by atoms with E-state index in [0.29, 0.717) is 31.3 Å². The first-order valence-electron chi connectivity index (χ1n) is 10.6. The SMILES string of the molecule is COc1cc([C@H]2OC[C@@H]3[C@@H]2CO[C@@H]3c2ccc(OCC=C(C)C)c(OC)c2)ccc1O. The standard InChI is InChI=1S/C25H30O6/c1-15(2)9-10-29-21-8-6-17(12-23(21)28-4)25-19-14-30-24(18(19)13-31-25)16-5-7-20(26)22(11-16)27-3/h5-9,11-12,18-19,24-26H,10,13-14H2,1-4H3/t18-,19+,24+,25+/m0/s1. The highest BCUT2D eigenvalue weighted by Gasteiger charge is 2.48. The third-order valence-electron chi connectivity index (χ3n) is 6.04. The number of benzene rings is 2. The van der Waals surface area contributed by atoms with Crippen LogP contribution in [-0.4, -0.2) is 39.1 Å². The lowest BCUT2D eigenvalue weighted by atomic mass is 9.85. The summed E-state index contributed by atoms with van der Waals surface area (Å²) in [7, 11) is 3.20. The van der Waals surface area contributed by atoms with Crippen LogP contribution in [0.2, 0.25) is 0 Å². The van der Waals surface area contributed by atoms with Crippen LogP contribution in [0, 0.1) is 11.8 Å². The highest BCUT2D eigenvalue weighted by atomic mass is 16.5. The van der Waals surface area contributed by atoms with Gasteiger partial charge in [-0.2, -0.15) is 0 Å². The van der Waals surface area contributed by atoms with Gasteiger partial charge in [-0.3, -0.25) is 0 Å². The van der Waals surface area contributed by atoms with E-state index in [1.54, 1.807) is 20.3 Å². The van der Waals surface area contributed by atoms with Crippen molar-refractivity contribution in [1.82, 2.24) is 0 Å². The first-order chi connectivity index (χ1) is 15.0. The summed E-state index contributed by atoms with van der Waals surface area (Å²) < 4.78 is 29.1. The van der Waals surface area contributed by atoms with E-state index in [2.05, 4.69) is 0 Å². The van der Waals surface area contributed by atoms with Crippen molar-refractivity contribution in [2.24, 2.45) is 11.8 Å². The largest absolute Gasteiger partial charge is 0.504 e. The number of hydrogen-bond acceptors (Lipinski definition) is 6. The Labute approximate surface area is 183 Å². The van der Waals surface area contributed by atoms with E-state index >= 15 is 0 Å². The predicted molar refractivity (Wildman–Crippen MR) is 117 cm³/mol. The second-order valence-corrected chi connectivity index (χ2v) is 8.27. The fourth-order valence-corrected chi connectivity index (χ4v) is 4.38. The minimum Gasteiger partial charge on any atom is -0.504 e. The molecular weight excluding hydrogens is 396 g/mol. The summed E-state index contributed by atoms with van der Waals surface area (Å²) in [6.45, 7) is 5.83. The van der Waals surface area contributed by atoms with E-state index < -0.39 is 0 Å². The molecule has 0 unspecified atom stereocenters. The average molecular weight is 427 g/mol. The lowest BCUT2D eigenvalue weighted by Crippen LogP contribution is -2.14. The van der Waals surface area contributed by atoms with Crippen molar-refractivity contribution in [2.75, 3.05) is 34.0 Å². The fraction of sp³-hybridized carbons (Fsp3) is 0.440. The zero-order valence-corrected chi connectivity index (χ0v) is 18.5. The van der Waals surface area contributed by atoms with Gasteiger partial charge in [-0.15, -0.1) is 0 Å². The van der Waals surface area contributed by atoms with Crippen molar-refractivity contribution in [3.63, 3.8) is 0 Å². The Morgan fingerprint density at radius 3 is 2.06 bits per heavy atom. The molecule has 31 heavy (non-hydrogen) atoms. The van der Waals surface area contributed by atoms with Gasteiger partial charge in [0.05, 0.1) is 39.6 Å². The number of allylic oxidation sites excluding steroid dienone is 1. The monoisotopic (exact) mass is 426 g/mol. The molecule has 0 radical (unpaired) electrons. The van der Waals surface area contributed by atoms with Gasteiger partial charge in [0.15, 0.2) is 23.0 Å². The molecule has 2 aromatic rings. The molecule has 0 bridgehead atoms. The second kappa shape index (κ2) is 9.20. The van der Waals surface area contributed by atoms with E-state index in [-0.39, 0.29) is 29.8 Å². The number of rotatable bonds is 7. The molecule has 0 spiro atoms. The Morgan fingerprint density at radius 1 is 0.903 bits per heavy atom. The van der Waals surface area contributed by atoms with Gasteiger partial charge in [0.1, 0.15) is 6.61 Å². The maximum absolute atomic E-state index is 9.89. The number of phenolic OH excluding ortho intramolecular Hbond substituents is 1. The average Bonchev–Trinajstić information content (AvgIpc) is 3.36. The molecule has 2 aliphatic heterocycles. The number of phenols is 1. The highest BCUT2D eigenvalue weighted by Crippen LogP contribution is 2.51. The Morgan fingerprint density at radius 2 is 1.48 bits per heavy atom. The highest BCUT2D eigenvalue weighted by molar-refractivity contribution is 5.45. The maximum Gasteiger partial charge on any atom is 0.161 e. The molecule has 6 heteroatoms. The molecule has 0 amide bonds. The van der Waals surface area contributed by atoms with E-state index in [9.17, 15) is 5.11 Å². The number of ether oxygens (including phenoxy) is 5. The van der Waals surface area contributed by atoms with E-state index in [4.69, 9.17) is 23.7 Å². The van der Waals surface area contributed by atoms with Crippen LogP contribution < -0.4 is 14.2 Å². The van der Waals surface area contributed by atoms with Crippen molar-refractivity contribution in [3.8, 4) is 23.0 Å². The van der Waals surface area contributed by atoms with Gasteiger partial charge in [-0.25, -0.2) is 0 Å². The van der Waals surface area contributed by atoms with Crippen molar-refractivity contribution < 1.29 is 28.8 Å². The summed E-state index contributed by atoms with van der Waals surface area (Å²) in [6.07, 6.45) is 1.89. The summed E-state index contributed by atoms with van der Waals surface area (Å²) in [5, 5.41) is 9.89. The van der Waals surface area contributed by atoms with Crippen molar-refractivity contribution in [3.05, 3.63) is 59.2 Å². The summed E-state index contributed by atoms with van der Waals surface area (Å²) in [6, 6.07) is 11.4. The lowest BCUT2D eigenvalue weighted by molar-refractivity contribution is 0.0191. The number of fused-ring (bicyclic) bond motifs is 1. The van der Waals surface area contributed by atoms with Gasteiger partial charge >= 0.3 is 0 Å². The van der Waals surface area contributed by atoms with Crippen LogP contribution in [-0.2, 0) is 9.47 Å². The van der Waals surface area contributed by atoms with Crippen molar-refractivity contribution in [1.29, 1.82) is 0 Å². The lowest BCUT2D eigenvalue weighted by Gasteiger charge is -2.19. The van der Waals surface area contributed by atoms with Crippen molar-refractivity contribution >= 4 is 0 Å². The van der Waals surface area contributed by atoms with Gasteiger partial charge in [0, 0.05) is 11.8 Å². The minimum atomic E-state index is -0.0851. The minimum absolute atomic E-state index is 0.0604. The van der Waals surface area contributed by atoms with Gasteiger partial charge in [-0.1, -0.05) is 17.7 Å². The molecule has 0 saturated carbocycles. The van der Waals surface area contributed by atoms with E-state index in [1.807, 2.05) is 50.3 Å². The molecule has 2 heterocycles. The van der Waals surface area contributed by atoms with Crippen LogP contribution in [0.15, 0.2) is 48.0 Å². The van der Waals surface area contributed by atoms with Gasteiger partial charge in [-0.05, 0) is 55.3 Å². The van der Waals surface area contributed by atoms with Gasteiger partial charge < -0.3 is 28.8 Å². The first kappa shape index (κ1) is 21.5. The van der Waals surface area contributed by atoms with E-state index in [1.165, 1.54) is 5.57 Å².